The molecule has 0 saturated heterocycles. The van der Waals surface area contributed by atoms with E-state index in [-0.39, 0.29) is 11.7 Å². The van der Waals surface area contributed by atoms with Crippen molar-refractivity contribution < 1.29 is 4.92 Å². The Morgan fingerprint density at radius 3 is 2.38 bits per heavy atom. The van der Waals surface area contributed by atoms with Crippen LogP contribution in [-0.4, -0.2) is 11.0 Å². The molecule has 0 radical (unpaired) electrons. The van der Waals surface area contributed by atoms with Gasteiger partial charge in [-0.2, -0.15) is 0 Å². The first-order chi connectivity index (χ1) is 7.60. The molecule has 0 heterocycles. The largest absolute Gasteiger partial charge is 0.269 e. The van der Waals surface area contributed by atoms with Crippen LogP contribution in [0.15, 0.2) is 29.6 Å². The molecule has 0 fully saturated rings. The molecular weight excluding hydrogens is 210 g/mol. The lowest BCUT2D eigenvalue weighted by Gasteiger charge is -2.21. The van der Waals surface area contributed by atoms with Gasteiger partial charge in [0.2, 0.25) is 0 Å². The number of nitrogens with zero attached hydrogens (tertiary/aromatic N) is 3. The van der Waals surface area contributed by atoms with E-state index in [1.807, 2.05) is 13.8 Å². The Bertz CT molecular complexity index is 377. The van der Waals surface area contributed by atoms with Crippen LogP contribution in [0.25, 0.3) is 0 Å². The fraction of sp³-hybridized carbons (Fsp3) is 0.400. The van der Waals surface area contributed by atoms with Crippen LogP contribution in [0.3, 0.4) is 0 Å². The van der Waals surface area contributed by atoms with Crippen molar-refractivity contribution in [3.63, 3.8) is 0 Å². The number of hydrogen-bond donors (Lipinski definition) is 0. The third-order valence-electron chi connectivity index (χ3n) is 2.42. The van der Waals surface area contributed by atoms with E-state index in [1.54, 1.807) is 0 Å². The van der Waals surface area contributed by atoms with Gasteiger partial charge in [0.1, 0.15) is 0 Å². The summed E-state index contributed by atoms with van der Waals surface area (Å²) in [6.07, 6.45) is 0.767. The third-order valence-corrected chi connectivity index (χ3v) is 2.42. The first-order valence-electron chi connectivity index (χ1n) is 4.97. The van der Waals surface area contributed by atoms with Gasteiger partial charge >= 0.3 is 0 Å². The second kappa shape index (κ2) is 5.20. The smallest absolute Gasteiger partial charge is 0.258 e. The van der Waals surface area contributed by atoms with Crippen molar-refractivity contribution in [3.05, 3.63) is 39.3 Å². The average Bonchev–Trinajstić information content (AvgIpc) is 2.30. The molecule has 1 aromatic rings. The topological polar surface area (TPSA) is 75.8 Å². The van der Waals surface area contributed by atoms with Crippen LogP contribution >= 0.6 is 0 Å². The van der Waals surface area contributed by atoms with Crippen molar-refractivity contribution in [3.8, 4) is 0 Å². The predicted molar refractivity (Wildman–Crippen MR) is 61.1 cm³/mol. The highest BCUT2D eigenvalue weighted by Gasteiger charge is 2.14. The van der Waals surface area contributed by atoms with Crippen molar-refractivity contribution in [1.29, 1.82) is 0 Å². The molecule has 0 saturated carbocycles. The molecule has 6 nitrogen and oxygen atoms in total. The van der Waals surface area contributed by atoms with Gasteiger partial charge in [-0.1, -0.05) is 6.92 Å². The summed E-state index contributed by atoms with van der Waals surface area (Å²) >= 11 is 0. The van der Waals surface area contributed by atoms with Gasteiger partial charge in [-0.3, -0.25) is 10.1 Å². The van der Waals surface area contributed by atoms with E-state index < -0.39 is 4.92 Å². The summed E-state index contributed by atoms with van der Waals surface area (Å²) in [6.45, 7) is 3.80. The molecule has 0 aliphatic carbocycles. The minimum atomic E-state index is -0.480. The van der Waals surface area contributed by atoms with Crippen LogP contribution < -0.4 is 5.01 Å². The number of anilines is 1. The van der Waals surface area contributed by atoms with Crippen LogP contribution in [0.2, 0.25) is 0 Å². The van der Waals surface area contributed by atoms with Gasteiger partial charge in [-0.05, 0) is 25.5 Å². The van der Waals surface area contributed by atoms with E-state index in [0.717, 1.165) is 6.42 Å². The van der Waals surface area contributed by atoms with Gasteiger partial charge in [0, 0.05) is 12.1 Å². The number of nitro groups is 1. The first kappa shape index (κ1) is 12.1. The lowest BCUT2D eigenvalue weighted by atomic mass is 10.2. The Hall–Kier alpha value is -1.98. The monoisotopic (exact) mass is 223 g/mol. The molecule has 0 aromatic heterocycles. The second-order valence-corrected chi connectivity index (χ2v) is 3.46. The normalized spacial score (nSPS) is 11.9. The van der Waals surface area contributed by atoms with Crippen molar-refractivity contribution in [2.75, 3.05) is 5.01 Å². The van der Waals surface area contributed by atoms with Gasteiger partial charge < -0.3 is 0 Å². The summed E-state index contributed by atoms with van der Waals surface area (Å²) < 4.78 is 0. The van der Waals surface area contributed by atoms with E-state index in [0.29, 0.717) is 5.69 Å². The van der Waals surface area contributed by atoms with E-state index in [1.165, 1.54) is 29.3 Å². The van der Waals surface area contributed by atoms with E-state index in [9.17, 15) is 15.0 Å². The fourth-order valence-electron chi connectivity index (χ4n) is 1.28. The fourth-order valence-corrected chi connectivity index (χ4v) is 1.28. The third kappa shape index (κ3) is 2.53. The van der Waals surface area contributed by atoms with Gasteiger partial charge in [0.15, 0.2) is 0 Å². The van der Waals surface area contributed by atoms with Gasteiger partial charge in [-0.15, -0.1) is 4.91 Å². The zero-order valence-electron chi connectivity index (χ0n) is 9.16. The van der Waals surface area contributed by atoms with E-state index in [4.69, 9.17) is 0 Å². The van der Waals surface area contributed by atoms with Gasteiger partial charge in [0.05, 0.1) is 21.9 Å². The second-order valence-electron chi connectivity index (χ2n) is 3.46. The summed E-state index contributed by atoms with van der Waals surface area (Å²) in [5.41, 5.74) is 0.564. The molecule has 1 rings (SSSR count). The highest BCUT2D eigenvalue weighted by atomic mass is 16.6. The highest BCUT2D eigenvalue weighted by Crippen LogP contribution is 2.22. The van der Waals surface area contributed by atoms with E-state index in [2.05, 4.69) is 5.29 Å². The lowest BCUT2D eigenvalue weighted by molar-refractivity contribution is -0.384. The Kier molecular flexibility index (Phi) is 3.93. The summed E-state index contributed by atoms with van der Waals surface area (Å²) in [7, 11) is 0. The Labute approximate surface area is 93.0 Å². The Morgan fingerprint density at radius 2 is 2.00 bits per heavy atom. The van der Waals surface area contributed by atoms with Crippen LogP contribution in [0, 0.1) is 15.0 Å². The maximum atomic E-state index is 10.7. The molecule has 1 aromatic carbocycles. The number of nitro benzene ring substituents is 1. The zero-order valence-corrected chi connectivity index (χ0v) is 9.16. The van der Waals surface area contributed by atoms with Crippen LogP contribution in [0.4, 0.5) is 11.4 Å². The summed E-state index contributed by atoms with van der Waals surface area (Å²) in [5, 5.41) is 14.7. The number of nitroso groups, excluding NO2 is 1. The lowest BCUT2D eigenvalue weighted by Crippen LogP contribution is -2.26. The molecule has 0 aliphatic rings. The number of non-ortho nitro benzene ring substituents is 1. The molecule has 0 spiro atoms. The standard InChI is InChI=1S/C10H13N3O3/c1-3-8(2)12(11-14)9-4-6-10(7-5-9)13(15)16/h4-8H,3H2,1-2H3. The number of hydrogen-bond acceptors (Lipinski definition) is 4. The van der Waals surface area contributed by atoms with E-state index >= 15 is 0 Å². The Morgan fingerprint density at radius 1 is 1.44 bits per heavy atom. The number of benzene rings is 1. The maximum Gasteiger partial charge on any atom is 0.269 e. The van der Waals surface area contributed by atoms with Crippen LogP contribution in [0.1, 0.15) is 20.3 Å². The molecule has 0 aliphatic heterocycles. The predicted octanol–water partition coefficient (Wildman–Crippen LogP) is 2.88. The van der Waals surface area contributed by atoms with Crippen molar-refractivity contribution in [2.24, 2.45) is 5.29 Å². The molecule has 86 valence electrons. The van der Waals surface area contributed by atoms with Crippen molar-refractivity contribution in [2.45, 2.75) is 26.3 Å². The van der Waals surface area contributed by atoms with Gasteiger partial charge in [-0.25, -0.2) is 5.01 Å². The molecule has 0 N–H and O–H groups in total. The Balaban J connectivity index is 2.95. The molecule has 16 heavy (non-hydrogen) atoms. The molecule has 6 heteroatoms. The maximum absolute atomic E-state index is 10.7. The summed E-state index contributed by atoms with van der Waals surface area (Å²) in [5.74, 6) is 0. The van der Waals surface area contributed by atoms with Crippen molar-refractivity contribution >= 4 is 11.4 Å². The minimum Gasteiger partial charge on any atom is -0.258 e. The van der Waals surface area contributed by atoms with Crippen LogP contribution in [0.5, 0.6) is 0 Å². The summed E-state index contributed by atoms with van der Waals surface area (Å²) in [6, 6.07) is 5.72. The summed E-state index contributed by atoms with van der Waals surface area (Å²) in [4.78, 5) is 20.6. The van der Waals surface area contributed by atoms with Gasteiger partial charge in [0.25, 0.3) is 5.69 Å². The molecule has 1 atom stereocenters. The molecule has 0 amide bonds. The first-order valence-corrected chi connectivity index (χ1v) is 4.97. The molecule has 0 bridgehead atoms. The average molecular weight is 223 g/mol. The molecular formula is C10H13N3O3. The quantitative estimate of drug-likeness (QED) is 0.437. The minimum absolute atomic E-state index is 0.00116. The highest BCUT2D eigenvalue weighted by molar-refractivity contribution is 5.50. The SMILES string of the molecule is CCC(C)N(N=O)c1ccc([N+](=O)[O-])cc1. The zero-order chi connectivity index (χ0) is 12.1. The number of rotatable bonds is 5. The van der Waals surface area contributed by atoms with Crippen molar-refractivity contribution in [1.82, 2.24) is 0 Å². The molecule has 1 unspecified atom stereocenters. The van der Waals surface area contributed by atoms with Crippen LogP contribution in [-0.2, 0) is 0 Å².